The van der Waals surface area contributed by atoms with Crippen molar-refractivity contribution in [3.05, 3.63) is 71.8 Å². The second-order valence-corrected chi connectivity index (χ2v) is 6.93. The van der Waals surface area contributed by atoms with Gasteiger partial charge in [-0.25, -0.2) is 0 Å². The zero-order valence-corrected chi connectivity index (χ0v) is 15.7. The minimum atomic E-state index is -2.52. The molecule has 0 radical (unpaired) electrons. The van der Waals surface area contributed by atoms with Gasteiger partial charge in [0, 0.05) is 16.4 Å². The summed E-state index contributed by atoms with van der Waals surface area (Å²) < 4.78 is 21.7. The Morgan fingerprint density at radius 3 is 1.46 bits per heavy atom. The summed E-state index contributed by atoms with van der Waals surface area (Å²) in [6.45, 7) is 2.88. The summed E-state index contributed by atoms with van der Waals surface area (Å²) in [6, 6.07) is 18.5. The van der Waals surface area contributed by atoms with Crippen molar-refractivity contribution in [1.82, 2.24) is 0 Å². The number of rotatable bonds is 10. The first-order chi connectivity index (χ1) is 12.5. The molecular weight excluding hydrogens is 351 g/mol. The fourth-order valence-electron chi connectivity index (χ4n) is 2.38. The number of benzene rings is 2. The SMILES string of the molecule is C[C@H](C(=O)CO[P+](=O)OCC(=O)[C@@H](C)c1ccccc1)c1ccccc1. The van der Waals surface area contributed by atoms with Gasteiger partial charge in [0.1, 0.15) is 0 Å². The van der Waals surface area contributed by atoms with E-state index in [-0.39, 0.29) is 36.6 Å². The molecule has 136 valence electrons. The van der Waals surface area contributed by atoms with Gasteiger partial charge < -0.3 is 0 Å². The van der Waals surface area contributed by atoms with E-state index < -0.39 is 8.25 Å². The van der Waals surface area contributed by atoms with Gasteiger partial charge in [0.25, 0.3) is 0 Å². The highest BCUT2D eigenvalue weighted by molar-refractivity contribution is 7.33. The maximum Gasteiger partial charge on any atom is 0.698 e. The van der Waals surface area contributed by atoms with Gasteiger partial charge in [-0.05, 0) is 11.1 Å². The third-order valence-corrected chi connectivity index (χ3v) is 4.87. The number of carbonyl (C=O) groups is 2. The van der Waals surface area contributed by atoms with Crippen molar-refractivity contribution in [3.8, 4) is 0 Å². The average molecular weight is 373 g/mol. The summed E-state index contributed by atoms with van der Waals surface area (Å²) in [4.78, 5) is 24.2. The van der Waals surface area contributed by atoms with E-state index in [0.29, 0.717) is 0 Å². The summed E-state index contributed by atoms with van der Waals surface area (Å²) >= 11 is 0. The maximum absolute atomic E-state index is 12.1. The standard InChI is InChI=1S/C20H22O5P/c1-15(17-9-5-3-6-10-17)19(21)13-24-26(23)25-14-20(22)16(2)18-11-7-4-8-12-18/h3-12,15-16H,13-14H2,1-2H3/q+1/t15-,16-/m0/s1. The second-order valence-electron chi connectivity index (χ2n) is 5.97. The Kier molecular flexibility index (Phi) is 7.79. The summed E-state index contributed by atoms with van der Waals surface area (Å²) in [5.41, 5.74) is 1.73. The maximum atomic E-state index is 12.1. The molecule has 2 rings (SSSR count). The van der Waals surface area contributed by atoms with Crippen LogP contribution in [-0.2, 0) is 23.2 Å². The van der Waals surface area contributed by atoms with Crippen LogP contribution < -0.4 is 0 Å². The van der Waals surface area contributed by atoms with Crippen LogP contribution in [0.5, 0.6) is 0 Å². The number of hydrogen-bond donors (Lipinski definition) is 0. The summed E-state index contributed by atoms with van der Waals surface area (Å²) in [7, 11) is -2.52. The zero-order chi connectivity index (χ0) is 18.9. The predicted octanol–water partition coefficient (Wildman–Crippen LogP) is 4.42. The Labute approximate surface area is 154 Å². The molecule has 0 bridgehead atoms. The van der Waals surface area contributed by atoms with Gasteiger partial charge in [-0.3, -0.25) is 9.59 Å². The lowest BCUT2D eigenvalue weighted by molar-refractivity contribution is -0.122. The molecule has 0 aromatic heterocycles. The molecule has 0 unspecified atom stereocenters. The van der Waals surface area contributed by atoms with Crippen molar-refractivity contribution in [2.75, 3.05) is 13.2 Å². The van der Waals surface area contributed by atoms with Gasteiger partial charge in [0.05, 0.1) is 0 Å². The smallest absolute Gasteiger partial charge is 0.296 e. The van der Waals surface area contributed by atoms with E-state index in [4.69, 9.17) is 9.05 Å². The highest BCUT2D eigenvalue weighted by atomic mass is 31.1. The molecule has 0 saturated carbocycles. The number of hydrogen-bond acceptors (Lipinski definition) is 5. The molecule has 6 heteroatoms. The summed E-state index contributed by atoms with van der Waals surface area (Å²) in [5.74, 6) is -1.13. The van der Waals surface area contributed by atoms with Crippen molar-refractivity contribution in [2.45, 2.75) is 25.7 Å². The van der Waals surface area contributed by atoms with Crippen LogP contribution >= 0.6 is 8.25 Å². The monoisotopic (exact) mass is 373 g/mol. The normalized spacial score (nSPS) is 13.0. The number of carbonyl (C=O) groups excluding carboxylic acids is 2. The quantitative estimate of drug-likeness (QED) is 0.577. The molecule has 26 heavy (non-hydrogen) atoms. The van der Waals surface area contributed by atoms with E-state index in [2.05, 4.69) is 0 Å². The van der Waals surface area contributed by atoms with Crippen molar-refractivity contribution in [2.24, 2.45) is 0 Å². The molecule has 0 fully saturated rings. The lowest BCUT2D eigenvalue weighted by Gasteiger charge is -2.08. The topological polar surface area (TPSA) is 69.7 Å². The van der Waals surface area contributed by atoms with Crippen molar-refractivity contribution in [3.63, 3.8) is 0 Å². The van der Waals surface area contributed by atoms with E-state index in [1.807, 2.05) is 60.7 Å². The molecule has 0 heterocycles. The summed E-state index contributed by atoms with van der Waals surface area (Å²) in [6.07, 6.45) is 0. The molecule has 2 aromatic rings. The van der Waals surface area contributed by atoms with Gasteiger partial charge in [0.15, 0.2) is 24.8 Å². The molecule has 2 aromatic carbocycles. The minimum Gasteiger partial charge on any atom is -0.296 e. The molecule has 5 nitrogen and oxygen atoms in total. The van der Waals surface area contributed by atoms with Crippen LogP contribution in [0.25, 0.3) is 0 Å². The van der Waals surface area contributed by atoms with Crippen LogP contribution in [0.15, 0.2) is 60.7 Å². The van der Waals surface area contributed by atoms with E-state index in [1.165, 1.54) is 0 Å². The van der Waals surface area contributed by atoms with Crippen LogP contribution in [-0.4, -0.2) is 24.8 Å². The number of Topliss-reactive ketones (excluding diaryl/α,β-unsaturated/α-hetero) is 2. The lowest BCUT2D eigenvalue weighted by Crippen LogP contribution is -2.16. The molecule has 2 atom stereocenters. The third kappa shape index (κ3) is 5.95. The van der Waals surface area contributed by atoms with Gasteiger partial charge in [-0.15, -0.1) is 9.05 Å². The largest absolute Gasteiger partial charge is 0.698 e. The highest BCUT2D eigenvalue weighted by Gasteiger charge is 2.27. The van der Waals surface area contributed by atoms with Crippen LogP contribution in [0.3, 0.4) is 0 Å². The molecule has 0 amide bonds. The number of ketones is 2. The Bertz CT molecular complexity index is 682. The predicted molar refractivity (Wildman–Crippen MR) is 99.2 cm³/mol. The van der Waals surface area contributed by atoms with Gasteiger partial charge in [0.2, 0.25) is 0 Å². The Morgan fingerprint density at radius 1 is 0.769 bits per heavy atom. The second kappa shape index (κ2) is 10.1. The van der Waals surface area contributed by atoms with Gasteiger partial charge >= 0.3 is 8.25 Å². The van der Waals surface area contributed by atoms with Crippen LogP contribution in [0.4, 0.5) is 0 Å². The minimum absolute atomic E-state index is 0.202. The van der Waals surface area contributed by atoms with E-state index >= 15 is 0 Å². The molecule has 0 spiro atoms. The van der Waals surface area contributed by atoms with Gasteiger partial charge in [-0.2, -0.15) is 0 Å². The van der Waals surface area contributed by atoms with Gasteiger partial charge in [-0.1, -0.05) is 74.5 Å². The fourth-order valence-corrected chi connectivity index (χ4v) is 2.91. The first kappa shape index (κ1) is 20.1. The molecular formula is C20H22O5P+. The van der Waals surface area contributed by atoms with E-state index in [9.17, 15) is 14.2 Å². The Hall–Kier alpha value is -2.20. The first-order valence-corrected chi connectivity index (χ1v) is 9.47. The highest BCUT2D eigenvalue weighted by Crippen LogP contribution is 2.26. The zero-order valence-electron chi connectivity index (χ0n) is 14.8. The molecule has 0 N–H and O–H groups in total. The van der Waals surface area contributed by atoms with Crippen molar-refractivity contribution >= 4 is 19.8 Å². The molecule has 0 aliphatic heterocycles. The van der Waals surface area contributed by atoms with E-state index in [1.54, 1.807) is 13.8 Å². The molecule has 0 aliphatic carbocycles. The van der Waals surface area contributed by atoms with Crippen LogP contribution in [0.2, 0.25) is 0 Å². The molecule has 0 aliphatic rings. The lowest BCUT2D eigenvalue weighted by atomic mass is 9.97. The fraction of sp³-hybridized carbons (Fsp3) is 0.300. The Morgan fingerprint density at radius 2 is 1.12 bits per heavy atom. The Balaban J connectivity index is 1.75. The molecule has 0 saturated heterocycles. The average Bonchev–Trinajstić information content (AvgIpc) is 2.70. The van der Waals surface area contributed by atoms with Crippen LogP contribution in [0.1, 0.15) is 36.8 Å². The van der Waals surface area contributed by atoms with Crippen molar-refractivity contribution < 1.29 is 23.2 Å². The summed E-state index contributed by atoms with van der Waals surface area (Å²) in [5, 5.41) is 0. The van der Waals surface area contributed by atoms with Crippen molar-refractivity contribution in [1.29, 1.82) is 0 Å². The third-order valence-electron chi connectivity index (χ3n) is 4.19. The van der Waals surface area contributed by atoms with Crippen LogP contribution in [0, 0.1) is 0 Å². The van der Waals surface area contributed by atoms with E-state index in [0.717, 1.165) is 11.1 Å². The first-order valence-electron chi connectivity index (χ1n) is 8.37.